The molecule has 32 heavy (non-hydrogen) atoms. The summed E-state index contributed by atoms with van der Waals surface area (Å²) in [6.45, 7) is 3.91. The van der Waals surface area contributed by atoms with Crippen molar-refractivity contribution in [2.24, 2.45) is 17.8 Å². The SMILES string of the molecule is CCOC(=O)c1cc(NC(=O)C2CC3CCCC(C2)C32SCCS2)cc(C(=O)OCC)c1. The molecule has 8 heteroatoms. The molecule has 6 nitrogen and oxygen atoms in total. The van der Waals surface area contributed by atoms with E-state index in [0.29, 0.717) is 21.6 Å². The maximum absolute atomic E-state index is 13.3. The molecule has 0 radical (unpaired) electrons. The number of anilines is 1. The number of carbonyl (C=O) groups is 3. The second-order valence-corrected chi connectivity index (χ2v) is 11.6. The average Bonchev–Trinajstić information content (AvgIpc) is 3.23. The molecule has 3 aliphatic rings. The minimum atomic E-state index is -0.529. The van der Waals surface area contributed by atoms with E-state index in [2.05, 4.69) is 28.8 Å². The molecule has 1 N–H and O–H groups in total. The van der Waals surface area contributed by atoms with Gasteiger partial charge < -0.3 is 14.8 Å². The molecule has 2 saturated carbocycles. The second kappa shape index (κ2) is 10.1. The molecule has 1 aliphatic heterocycles. The average molecular weight is 478 g/mol. The molecule has 2 aliphatic carbocycles. The van der Waals surface area contributed by atoms with E-state index in [4.69, 9.17) is 9.47 Å². The molecule has 1 aromatic carbocycles. The third kappa shape index (κ3) is 4.67. The molecule has 0 aromatic heterocycles. The van der Waals surface area contributed by atoms with Crippen LogP contribution < -0.4 is 5.32 Å². The predicted octanol–water partition coefficient (Wildman–Crippen LogP) is 4.98. The first-order valence-electron chi connectivity index (χ1n) is 11.5. The lowest BCUT2D eigenvalue weighted by atomic mass is 9.67. The molecular weight excluding hydrogens is 446 g/mol. The van der Waals surface area contributed by atoms with Gasteiger partial charge in [-0.2, -0.15) is 0 Å². The van der Waals surface area contributed by atoms with Gasteiger partial charge in [-0.15, -0.1) is 23.5 Å². The van der Waals surface area contributed by atoms with Crippen LogP contribution in [0.15, 0.2) is 18.2 Å². The van der Waals surface area contributed by atoms with Crippen molar-refractivity contribution in [3.05, 3.63) is 29.3 Å². The molecule has 2 unspecified atom stereocenters. The Labute approximate surface area is 197 Å². The summed E-state index contributed by atoms with van der Waals surface area (Å²) in [5, 5.41) is 2.99. The minimum Gasteiger partial charge on any atom is -0.462 e. The Hall–Kier alpha value is -1.67. The van der Waals surface area contributed by atoms with Crippen LogP contribution in [0.25, 0.3) is 0 Å². The van der Waals surface area contributed by atoms with Gasteiger partial charge in [0.25, 0.3) is 0 Å². The van der Waals surface area contributed by atoms with E-state index in [9.17, 15) is 14.4 Å². The first-order chi connectivity index (χ1) is 15.5. The van der Waals surface area contributed by atoms with Crippen LogP contribution in [0, 0.1) is 17.8 Å². The van der Waals surface area contributed by atoms with Gasteiger partial charge >= 0.3 is 11.9 Å². The van der Waals surface area contributed by atoms with E-state index in [1.807, 2.05) is 0 Å². The summed E-state index contributed by atoms with van der Waals surface area (Å²) in [5.74, 6) is 2.44. The maximum Gasteiger partial charge on any atom is 0.338 e. The van der Waals surface area contributed by atoms with Gasteiger partial charge in [-0.1, -0.05) is 6.42 Å². The summed E-state index contributed by atoms with van der Waals surface area (Å²) >= 11 is 4.25. The van der Waals surface area contributed by atoms with E-state index < -0.39 is 11.9 Å². The summed E-state index contributed by atoms with van der Waals surface area (Å²) in [5.41, 5.74) is 0.885. The number of esters is 2. The predicted molar refractivity (Wildman–Crippen MR) is 128 cm³/mol. The smallest absolute Gasteiger partial charge is 0.338 e. The number of hydrogen-bond acceptors (Lipinski definition) is 7. The van der Waals surface area contributed by atoms with Crippen LogP contribution in [0.3, 0.4) is 0 Å². The van der Waals surface area contributed by atoms with Crippen molar-refractivity contribution in [2.75, 3.05) is 30.0 Å². The Bertz CT molecular complexity index is 831. The second-order valence-electron chi connectivity index (χ2n) is 8.64. The number of carbonyl (C=O) groups excluding carboxylic acids is 3. The lowest BCUT2D eigenvalue weighted by Crippen LogP contribution is -2.48. The van der Waals surface area contributed by atoms with Gasteiger partial charge in [-0.05, 0) is 69.6 Å². The van der Waals surface area contributed by atoms with E-state index in [1.165, 1.54) is 36.8 Å². The monoisotopic (exact) mass is 477 g/mol. The Morgan fingerprint density at radius 3 is 1.97 bits per heavy atom. The van der Waals surface area contributed by atoms with Gasteiger partial charge in [0.2, 0.25) is 5.91 Å². The molecule has 1 heterocycles. The van der Waals surface area contributed by atoms with E-state index >= 15 is 0 Å². The highest BCUT2D eigenvalue weighted by atomic mass is 32.2. The largest absolute Gasteiger partial charge is 0.462 e. The summed E-state index contributed by atoms with van der Waals surface area (Å²) < 4.78 is 10.5. The zero-order valence-corrected chi connectivity index (χ0v) is 20.3. The van der Waals surface area contributed by atoms with Crippen LogP contribution in [0.4, 0.5) is 5.69 Å². The van der Waals surface area contributed by atoms with Crippen molar-refractivity contribution in [2.45, 2.75) is 50.0 Å². The molecule has 1 saturated heterocycles. The fraction of sp³-hybridized carbons (Fsp3) is 0.625. The maximum atomic E-state index is 13.3. The first-order valence-corrected chi connectivity index (χ1v) is 13.5. The molecule has 4 rings (SSSR count). The van der Waals surface area contributed by atoms with Crippen LogP contribution in [0.2, 0.25) is 0 Å². The van der Waals surface area contributed by atoms with Gasteiger partial charge in [0.05, 0.1) is 28.4 Å². The van der Waals surface area contributed by atoms with Crippen molar-refractivity contribution in [1.29, 1.82) is 0 Å². The van der Waals surface area contributed by atoms with Crippen molar-refractivity contribution in [3.8, 4) is 0 Å². The van der Waals surface area contributed by atoms with Gasteiger partial charge in [0, 0.05) is 23.1 Å². The lowest BCUT2D eigenvalue weighted by Gasteiger charge is -2.52. The fourth-order valence-electron chi connectivity index (χ4n) is 5.43. The number of nitrogens with one attached hydrogen (secondary N) is 1. The lowest BCUT2D eigenvalue weighted by molar-refractivity contribution is -0.122. The van der Waals surface area contributed by atoms with Crippen molar-refractivity contribution in [1.82, 2.24) is 0 Å². The summed E-state index contributed by atoms with van der Waals surface area (Å²) in [6.07, 6.45) is 5.48. The van der Waals surface area contributed by atoms with Crippen molar-refractivity contribution >= 4 is 47.1 Å². The number of thioether (sulfide) groups is 2. The molecule has 2 atom stereocenters. The van der Waals surface area contributed by atoms with Gasteiger partial charge in [-0.25, -0.2) is 9.59 Å². The number of hydrogen-bond donors (Lipinski definition) is 1. The van der Waals surface area contributed by atoms with Crippen LogP contribution in [0.5, 0.6) is 0 Å². The zero-order chi connectivity index (χ0) is 22.7. The number of rotatable bonds is 6. The quantitative estimate of drug-likeness (QED) is 0.579. The molecule has 3 fully saturated rings. The highest BCUT2D eigenvalue weighted by molar-refractivity contribution is 8.21. The standard InChI is InChI=1S/C24H31NO5S2/c1-3-29-22(27)16-10-17(23(28)30-4-2)14-20(13-16)25-21(26)15-11-18-6-5-7-19(12-15)24(18)31-8-9-32-24/h10,13-15,18-19H,3-9,11-12H2,1-2H3,(H,25,26). The number of ether oxygens (including phenoxy) is 2. The highest BCUT2D eigenvalue weighted by Crippen LogP contribution is 2.64. The van der Waals surface area contributed by atoms with E-state index in [1.54, 1.807) is 26.0 Å². The third-order valence-corrected chi connectivity index (χ3v) is 10.7. The molecule has 1 spiro atoms. The van der Waals surface area contributed by atoms with Crippen LogP contribution >= 0.6 is 23.5 Å². The molecule has 1 amide bonds. The van der Waals surface area contributed by atoms with Gasteiger partial charge in [0.15, 0.2) is 0 Å². The van der Waals surface area contributed by atoms with Crippen LogP contribution in [-0.4, -0.2) is 46.6 Å². The fourth-order valence-corrected chi connectivity index (χ4v) is 9.37. The van der Waals surface area contributed by atoms with Crippen LogP contribution in [-0.2, 0) is 14.3 Å². The number of amides is 1. The Balaban J connectivity index is 1.52. The topological polar surface area (TPSA) is 81.7 Å². The molecule has 174 valence electrons. The van der Waals surface area contributed by atoms with E-state index in [-0.39, 0.29) is 36.2 Å². The Morgan fingerprint density at radius 1 is 0.938 bits per heavy atom. The highest BCUT2D eigenvalue weighted by Gasteiger charge is 2.55. The summed E-state index contributed by atoms with van der Waals surface area (Å²) in [6, 6.07) is 4.60. The number of benzene rings is 1. The van der Waals surface area contributed by atoms with Crippen molar-refractivity contribution in [3.63, 3.8) is 0 Å². The first kappa shape index (κ1) is 23.5. The summed E-state index contributed by atoms with van der Waals surface area (Å²) in [4.78, 5) is 37.9. The zero-order valence-electron chi connectivity index (χ0n) is 18.7. The molecule has 1 aromatic rings. The summed E-state index contributed by atoms with van der Waals surface area (Å²) in [7, 11) is 0. The molecular formula is C24H31NO5S2. The Kier molecular flexibility index (Phi) is 7.40. The Morgan fingerprint density at radius 2 is 1.47 bits per heavy atom. The normalized spacial score (nSPS) is 25.9. The van der Waals surface area contributed by atoms with Crippen LogP contribution in [0.1, 0.15) is 66.7 Å². The molecule has 2 bridgehead atoms. The van der Waals surface area contributed by atoms with Crippen molar-refractivity contribution < 1.29 is 23.9 Å². The third-order valence-electron chi connectivity index (χ3n) is 6.71. The minimum absolute atomic E-state index is 0.0273. The van der Waals surface area contributed by atoms with Gasteiger partial charge in [0.1, 0.15) is 0 Å². The van der Waals surface area contributed by atoms with Gasteiger partial charge in [-0.3, -0.25) is 4.79 Å². The van der Waals surface area contributed by atoms with E-state index in [0.717, 1.165) is 12.8 Å².